The summed E-state index contributed by atoms with van der Waals surface area (Å²) >= 11 is 0. The Hall–Kier alpha value is -1.85. The molecule has 0 spiro atoms. The summed E-state index contributed by atoms with van der Waals surface area (Å²) < 4.78 is 31.1. The molecule has 2 N–H and O–H groups in total. The third-order valence-electron chi connectivity index (χ3n) is 3.91. The molecule has 4 nitrogen and oxygen atoms in total. The lowest BCUT2D eigenvalue weighted by molar-refractivity contribution is -0.0395. The molecule has 1 aliphatic rings. The molecule has 0 unspecified atom stereocenters. The van der Waals surface area contributed by atoms with Gasteiger partial charge < -0.3 is 15.4 Å². The van der Waals surface area contributed by atoms with E-state index in [1.165, 1.54) is 0 Å². The van der Waals surface area contributed by atoms with Crippen molar-refractivity contribution in [3.05, 3.63) is 29.8 Å². The van der Waals surface area contributed by atoms with E-state index in [-0.39, 0.29) is 24.9 Å². The van der Waals surface area contributed by atoms with Crippen LogP contribution in [0.3, 0.4) is 0 Å². The van der Waals surface area contributed by atoms with Crippen LogP contribution in [0.15, 0.2) is 24.3 Å². The maximum atomic E-state index is 13.0. The minimum Gasteiger partial charge on any atom is -0.497 e. The van der Waals surface area contributed by atoms with Crippen molar-refractivity contribution in [1.82, 2.24) is 10.6 Å². The maximum absolute atomic E-state index is 13.0. The molecule has 1 aliphatic carbocycles. The summed E-state index contributed by atoms with van der Waals surface area (Å²) in [7, 11) is 1.61. The van der Waals surface area contributed by atoms with E-state index in [0.29, 0.717) is 25.8 Å². The molecule has 0 radical (unpaired) electrons. The second-order valence-electron chi connectivity index (χ2n) is 5.63. The summed E-state index contributed by atoms with van der Waals surface area (Å²) in [6.07, 6.45) is 1.07. The van der Waals surface area contributed by atoms with E-state index < -0.39 is 5.92 Å². The number of halogens is 2. The number of urea groups is 1. The number of hydrogen-bond donors (Lipinski definition) is 2. The van der Waals surface area contributed by atoms with Gasteiger partial charge in [-0.3, -0.25) is 0 Å². The molecule has 1 aromatic carbocycles. The highest BCUT2D eigenvalue weighted by Crippen LogP contribution is 2.32. The summed E-state index contributed by atoms with van der Waals surface area (Å²) in [5.41, 5.74) is 1.10. The molecule has 122 valence electrons. The van der Waals surface area contributed by atoms with Gasteiger partial charge in [-0.2, -0.15) is 0 Å². The van der Waals surface area contributed by atoms with Crippen LogP contribution < -0.4 is 15.4 Å². The third kappa shape index (κ3) is 5.16. The van der Waals surface area contributed by atoms with Crippen LogP contribution in [0.25, 0.3) is 0 Å². The van der Waals surface area contributed by atoms with Crippen LogP contribution in [0.2, 0.25) is 0 Å². The van der Waals surface area contributed by atoms with Gasteiger partial charge in [0.05, 0.1) is 7.11 Å². The average Bonchev–Trinajstić information content (AvgIpc) is 2.50. The van der Waals surface area contributed by atoms with Crippen LogP contribution in [0.5, 0.6) is 5.75 Å². The molecule has 1 saturated carbocycles. The molecular formula is C16H22F2N2O2. The van der Waals surface area contributed by atoms with Gasteiger partial charge in [-0.15, -0.1) is 0 Å². The molecule has 22 heavy (non-hydrogen) atoms. The first-order valence-electron chi connectivity index (χ1n) is 7.54. The van der Waals surface area contributed by atoms with Gasteiger partial charge >= 0.3 is 6.03 Å². The largest absolute Gasteiger partial charge is 0.497 e. The van der Waals surface area contributed by atoms with Crippen molar-refractivity contribution in [2.45, 2.75) is 44.1 Å². The van der Waals surface area contributed by atoms with E-state index in [0.717, 1.165) is 11.3 Å². The van der Waals surface area contributed by atoms with E-state index in [1.807, 2.05) is 24.3 Å². The zero-order valence-corrected chi connectivity index (χ0v) is 12.7. The Bertz CT molecular complexity index is 481. The van der Waals surface area contributed by atoms with Gasteiger partial charge in [0.2, 0.25) is 5.92 Å². The molecular weight excluding hydrogens is 290 g/mol. The second kappa shape index (κ2) is 7.42. The van der Waals surface area contributed by atoms with E-state index in [9.17, 15) is 13.6 Å². The van der Waals surface area contributed by atoms with Crippen molar-refractivity contribution in [3.8, 4) is 5.75 Å². The predicted molar refractivity (Wildman–Crippen MR) is 80.4 cm³/mol. The number of nitrogens with one attached hydrogen (secondary N) is 2. The summed E-state index contributed by atoms with van der Waals surface area (Å²) in [4.78, 5) is 11.7. The zero-order valence-electron chi connectivity index (χ0n) is 12.7. The van der Waals surface area contributed by atoms with E-state index >= 15 is 0 Å². The number of amides is 2. The Balaban J connectivity index is 1.65. The Kier molecular flexibility index (Phi) is 5.57. The van der Waals surface area contributed by atoms with Crippen molar-refractivity contribution < 1.29 is 18.3 Å². The minimum absolute atomic E-state index is 0.149. The third-order valence-corrected chi connectivity index (χ3v) is 3.91. The Morgan fingerprint density at radius 1 is 1.27 bits per heavy atom. The average molecular weight is 312 g/mol. The second-order valence-corrected chi connectivity index (χ2v) is 5.63. The zero-order chi connectivity index (χ0) is 16.0. The quantitative estimate of drug-likeness (QED) is 0.877. The minimum atomic E-state index is -2.57. The molecule has 0 heterocycles. The van der Waals surface area contributed by atoms with Crippen LogP contribution in [0, 0.1) is 0 Å². The molecule has 0 bridgehead atoms. The summed E-state index contributed by atoms with van der Waals surface area (Å²) in [6.45, 7) is 0.501. The van der Waals surface area contributed by atoms with Gasteiger partial charge in [-0.05, 0) is 37.0 Å². The number of ether oxygens (including phenoxy) is 1. The van der Waals surface area contributed by atoms with Crippen LogP contribution in [-0.2, 0) is 6.42 Å². The van der Waals surface area contributed by atoms with E-state index in [2.05, 4.69) is 10.6 Å². The highest BCUT2D eigenvalue weighted by atomic mass is 19.3. The highest BCUT2D eigenvalue weighted by molar-refractivity contribution is 5.74. The lowest BCUT2D eigenvalue weighted by atomic mass is 9.92. The van der Waals surface area contributed by atoms with Gasteiger partial charge in [0.25, 0.3) is 0 Å². The SMILES string of the molecule is COc1ccc(CCNC(=O)NC2CCC(F)(F)CC2)cc1. The fourth-order valence-corrected chi connectivity index (χ4v) is 2.53. The van der Waals surface area contributed by atoms with E-state index in [4.69, 9.17) is 4.74 Å². The van der Waals surface area contributed by atoms with Crippen molar-refractivity contribution in [2.24, 2.45) is 0 Å². The lowest BCUT2D eigenvalue weighted by Gasteiger charge is -2.28. The summed E-state index contributed by atoms with van der Waals surface area (Å²) in [5.74, 6) is -1.77. The van der Waals surface area contributed by atoms with Gasteiger partial charge in [-0.1, -0.05) is 12.1 Å². The smallest absolute Gasteiger partial charge is 0.315 e. The molecule has 0 aromatic heterocycles. The normalized spacial score (nSPS) is 17.8. The van der Waals surface area contributed by atoms with Crippen molar-refractivity contribution in [1.29, 1.82) is 0 Å². The van der Waals surface area contributed by atoms with Crippen molar-refractivity contribution >= 4 is 6.03 Å². The monoisotopic (exact) mass is 312 g/mol. The number of rotatable bonds is 5. The van der Waals surface area contributed by atoms with Crippen LogP contribution in [0.1, 0.15) is 31.2 Å². The summed E-state index contributed by atoms with van der Waals surface area (Å²) in [6, 6.07) is 7.20. The van der Waals surface area contributed by atoms with Crippen molar-refractivity contribution in [3.63, 3.8) is 0 Å². The van der Waals surface area contributed by atoms with Gasteiger partial charge in [0, 0.05) is 25.4 Å². The van der Waals surface area contributed by atoms with Crippen LogP contribution in [-0.4, -0.2) is 31.7 Å². The first-order chi connectivity index (χ1) is 10.5. The van der Waals surface area contributed by atoms with Gasteiger partial charge in [-0.25, -0.2) is 13.6 Å². The first-order valence-corrected chi connectivity index (χ1v) is 7.54. The Morgan fingerprint density at radius 2 is 1.91 bits per heavy atom. The number of benzene rings is 1. The molecule has 6 heteroatoms. The topological polar surface area (TPSA) is 50.4 Å². The summed E-state index contributed by atoms with van der Waals surface area (Å²) in [5, 5.41) is 5.52. The molecule has 0 aliphatic heterocycles. The fourth-order valence-electron chi connectivity index (χ4n) is 2.53. The standard InChI is InChI=1S/C16H22F2N2O2/c1-22-14-4-2-12(3-5-14)8-11-19-15(21)20-13-6-9-16(17,18)10-7-13/h2-5,13H,6-11H2,1H3,(H2,19,20,21). The molecule has 0 saturated heterocycles. The van der Waals surface area contributed by atoms with Gasteiger partial charge in [0.1, 0.15) is 5.75 Å². The number of alkyl halides is 2. The molecule has 0 atom stereocenters. The van der Waals surface area contributed by atoms with Crippen molar-refractivity contribution in [2.75, 3.05) is 13.7 Å². The molecule has 1 aromatic rings. The molecule has 1 fully saturated rings. The van der Waals surface area contributed by atoms with Gasteiger partial charge in [0.15, 0.2) is 0 Å². The first kappa shape index (κ1) is 16.5. The Labute approximate surface area is 129 Å². The van der Waals surface area contributed by atoms with E-state index in [1.54, 1.807) is 7.11 Å². The molecule has 2 amide bonds. The molecule has 2 rings (SSSR count). The predicted octanol–water partition coefficient (Wildman–Crippen LogP) is 3.11. The number of hydrogen-bond acceptors (Lipinski definition) is 2. The number of carbonyl (C=O) groups is 1. The number of carbonyl (C=O) groups excluding carboxylic acids is 1. The number of methoxy groups -OCH3 is 1. The lowest BCUT2D eigenvalue weighted by Crippen LogP contribution is -2.45. The maximum Gasteiger partial charge on any atom is 0.315 e. The van der Waals surface area contributed by atoms with Crippen LogP contribution in [0.4, 0.5) is 13.6 Å². The van der Waals surface area contributed by atoms with Crippen LogP contribution >= 0.6 is 0 Å². The fraction of sp³-hybridized carbons (Fsp3) is 0.562. The Morgan fingerprint density at radius 3 is 2.50 bits per heavy atom. The highest BCUT2D eigenvalue weighted by Gasteiger charge is 2.35.